The number of aliphatic imine (C=N–C) groups is 1. The second-order valence-electron chi connectivity index (χ2n) is 8.39. The molecule has 1 aliphatic rings. The van der Waals surface area contributed by atoms with Gasteiger partial charge in [0.25, 0.3) is 0 Å². The van der Waals surface area contributed by atoms with E-state index in [1.54, 1.807) is 0 Å². The molecule has 1 unspecified atom stereocenters. The van der Waals surface area contributed by atoms with Crippen LogP contribution in [0.3, 0.4) is 0 Å². The Bertz CT molecular complexity index is 745. The van der Waals surface area contributed by atoms with E-state index in [9.17, 15) is 8.42 Å². The van der Waals surface area contributed by atoms with Crippen LogP contribution < -0.4 is 10.6 Å². The Hall–Kier alpha value is -0.870. The lowest BCUT2D eigenvalue weighted by molar-refractivity contribution is 0.180. The summed E-state index contributed by atoms with van der Waals surface area (Å²) in [6.07, 6.45) is 4.20. The molecule has 1 heterocycles. The van der Waals surface area contributed by atoms with Crippen molar-refractivity contribution < 1.29 is 8.42 Å². The molecule has 1 aliphatic heterocycles. The van der Waals surface area contributed by atoms with Crippen molar-refractivity contribution in [2.45, 2.75) is 52.6 Å². The number of nitrogens with one attached hydrogen (secondary N) is 2. The number of hydrogen-bond acceptors (Lipinski definition) is 4. The van der Waals surface area contributed by atoms with Crippen molar-refractivity contribution in [2.24, 2.45) is 10.9 Å². The Morgan fingerprint density at radius 1 is 1.23 bits per heavy atom. The van der Waals surface area contributed by atoms with Crippen molar-refractivity contribution in [3.63, 3.8) is 0 Å². The summed E-state index contributed by atoms with van der Waals surface area (Å²) in [7, 11) is -2.93. The number of hydrogen-bond donors (Lipinski definition) is 2. The Labute approximate surface area is 200 Å². The molecular formula is C22H39IN4O2S. The molecule has 1 aromatic carbocycles. The van der Waals surface area contributed by atoms with Gasteiger partial charge in [0, 0.05) is 31.9 Å². The van der Waals surface area contributed by atoms with Gasteiger partial charge in [0.05, 0.1) is 5.75 Å². The fourth-order valence-corrected chi connectivity index (χ4v) is 4.30. The number of likely N-dealkylation sites (tertiary alicyclic amines) is 1. The molecule has 6 nitrogen and oxygen atoms in total. The maximum absolute atomic E-state index is 11.4. The minimum absolute atomic E-state index is 0. The van der Waals surface area contributed by atoms with Crippen molar-refractivity contribution in [2.75, 3.05) is 38.2 Å². The number of sulfone groups is 1. The van der Waals surface area contributed by atoms with Crippen LogP contribution in [-0.2, 0) is 16.4 Å². The number of halogens is 1. The second kappa shape index (κ2) is 13.5. The Morgan fingerprint density at radius 3 is 2.43 bits per heavy atom. The van der Waals surface area contributed by atoms with Gasteiger partial charge in [-0.25, -0.2) is 8.42 Å². The van der Waals surface area contributed by atoms with Crippen molar-refractivity contribution >= 4 is 39.8 Å². The quantitative estimate of drug-likeness (QED) is 0.281. The van der Waals surface area contributed by atoms with Gasteiger partial charge in [-0.15, -0.1) is 24.0 Å². The van der Waals surface area contributed by atoms with E-state index in [4.69, 9.17) is 4.99 Å². The number of rotatable bonds is 9. The molecule has 0 aromatic heterocycles. The normalized spacial score (nSPS) is 17.3. The highest BCUT2D eigenvalue weighted by molar-refractivity contribution is 14.0. The first kappa shape index (κ1) is 27.2. The third-order valence-corrected chi connectivity index (χ3v) is 6.37. The van der Waals surface area contributed by atoms with E-state index in [0.29, 0.717) is 12.3 Å². The third-order valence-electron chi connectivity index (χ3n) is 5.39. The Balaban J connectivity index is 0.00000450. The summed E-state index contributed by atoms with van der Waals surface area (Å²) in [6, 6.07) is 8.89. The maximum atomic E-state index is 11.4. The number of nitrogens with zero attached hydrogens (tertiary/aromatic N) is 2. The predicted octanol–water partition coefficient (Wildman–Crippen LogP) is 3.20. The average Bonchev–Trinajstić information content (AvgIpc) is 2.67. The highest BCUT2D eigenvalue weighted by atomic mass is 127. The molecular weight excluding hydrogens is 511 g/mol. The summed E-state index contributed by atoms with van der Waals surface area (Å²) in [5.41, 5.74) is 2.69. The SMILES string of the molecule is CCNC(=NCC1CCN(Cc2ccc(C)cc2)CC1)NC(C)CCS(C)(=O)=O.I. The molecule has 1 saturated heterocycles. The van der Waals surface area contributed by atoms with Crippen LogP contribution in [0.1, 0.15) is 44.2 Å². The standard InChI is InChI=1S/C22H38N4O2S.HI/c1-5-23-22(25-19(3)12-15-29(4,27)28)24-16-20-10-13-26(14-11-20)17-21-8-6-18(2)7-9-21;/h6-9,19-20H,5,10-17H2,1-4H3,(H2,23,24,25);1H. The lowest BCUT2D eigenvalue weighted by Crippen LogP contribution is -2.43. The van der Waals surface area contributed by atoms with Gasteiger partial charge in [-0.05, 0) is 64.6 Å². The summed E-state index contributed by atoms with van der Waals surface area (Å²) in [5.74, 6) is 1.58. The lowest BCUT2D eigenvalue weighted by Gasteiger charge is -2.31. The number of aryl methyl sites for hydroxylation is 1. The Morgan fingerprint density at radius 2 is 1.87 bits per heavy atom. The number of guanidine groups is 1. The van der Waals surface area contributed by atoms with Crippen LogP contribution in [0.2, 0.25) is 0 Å². The minimum Gasteiger partial charge on any atom is -0.357 e. The van der Waals surface area contributed by atoms with Crippen molar-refractivity contribution in [1.82, 2.24) is 15.5 Å². The maximum Gasteiger partial charge on any atom is 0.191 e. The van der Waals surface area contributed by atoms with Crippen LogP contribution in [0, 0.1) is 12.8 Å². The fraction of sp³-hybridized carbons (Fsp3) is 0.682. The van der Waals surface area contributed by atoms with E-state index in [1.807, 2.05) is 13.8 Å². The first-order chi connectivity index (χ1) is 13.7. The van der Waals surface area contributed by atoms with Gasteiger partial charge in [0.2, 0.25) is 0 Å². The molecule has 1 atom stereocenters. The highest BCUT2D eigenvalue weighted by Gasteiger charge is 2.19. The molecule has 0 saturated carbocycles. The van der Waals surface area contributed by atoms with Crippen molar-refractivity contribution in [1.29, 1.82) is 0 Å². The van der Waals surface area contributed by atoms with Gasteiger partial charge < -0.3 is 10.6 Å². The Kier molecular flexibility index (Phi) is 12.2. The minimum atomic E-state index is -2.93. The van der Waals surface area contributed by atoms with Crippen LogP contribution in [0.5, 0.6) is 0 Å². The van der Waals surface area contributed by atoms with Crippen LogP contribution in [0.15, 0.2) is 29.3 Å². The van der Waals surface area contributed by atoms with Crippen LogP contribution >= 0.6 is 24.0 Å². The fourth-order valence-electron chi connectivity index (χ4n) is 3.52. The van der Waals surface area contributed by atoms with Crippen LogP contribution in [0.4, 0.5) is 0 Å². The average molecular weight is 551 g/mol. The second-order valence-corrected chi connectivity index (χ2v) is 10.6. The smallest absolute Gasteiger partial charge is 0.191 e. The lowest BCUT2D eigenvalue weighted by atomic mass is 9.96. The molecule has 2 N–H and O–H groups in total. The molecule has 0 spiro atoms. The molecule has 0 amide bonds. The molecule has 30 heavy (non-hydrogen) atoms. The van der Waals surface area contributed by atoms with Gasteiger partial charge in [0.15, 0.2) is 5.96 Å². The zero-order valence-corrected chi connectivity index (χ0v) is 22.0. The van der Waals surface area contributed by atoms with Crippen molar-refractivity contribution in [3.05, 3.63) is 35.4 Å². The molecule has 0 bridgehead atoms. The highest BCUT2D eigenvalue weighted by Crippen LogP contribution is 2.19. The molecule has 172 valence electrons. The summed E-state index contributed by atoms with van der Waals surface area (Å²) >= 11 is 0. The predicted molar refractivity (Wildman–Crippen MR) is 137 cm³/mol. The van der Waals surface area contributed by atoms with Gasteiger partial charge in [0.1, 0.15) is 9.84 Å². The molecule has 2 rings (SSSR count). The van der Waals surface area contributed by atoms with Crippen LogP contribution in [0.25, 0.3) is 0 Å². The molecule has 1 fully saturated rings. The van der Waals surface area contributed by atoms with Crippen LogP contribution in [-0.4, -0.2) is 63.5 Å². The van der Waals surface area contributed by atoms with E-state index >= 15 is 0 Å². The number of benzene rings is 1. The molecule has 1 aromatic rings. The third kappa shape index (κ3) is 10.9. The molecule has 0 radical (unpaired) electrons. The monoisotopic (exact) mass is 550 g/mol. The first-order valence-corrected chi connectivity index (χ1v) is 12.8. The van der Waals surface area contributed by atoms with E-state index < -0.39 is 9.84 Å². The topological polar surface area (TPSA) is 73.8 Å². The summed E-state index contributed by atoms with van der Waals surface area (Å²) in [6.45, 7) is 11.0. The largest absolute Gasteiger partial charge is 0.357 e. The zero-order valence-electron chi connectivity index (χ0n) is 18.9. The van der Waals surface area contributed by atoms with E-state index in [2.05, 4.69) is 46.7 Å². The first-order valence-electron chi connectivity index (χ1n) is 10.8. The van der Waals surface area contributed by atoms with Gasteiger partial charge in [-0.1, -0.05) is 29.8 Å². The molecule has 8 heteroatoms. The summed E-state index contributed by atoms with van der Waals surface area (Å²) in [4.78, 5) is 7.30. The van der Waals surface area contributed by atoms with E-state index in [-0.39, 0.29) is 35.8 Å². The number of piperidine rings is 1. The zero-order chi connectivity index (χ0) is 21.3. The summed E-state index contributed by atoms with van der Waals surface area (Å²) < 4.78 is 22.7. The van der Waals surface area contributed by atoms with Gasteiger partial charge in [-0.2, -0.15) is 0 Å². The molecule has 0 aliphatic carbocycles. The summed E-state index contributed by atoms with van der Waals surface area (Å²) in [5, 5.41) is 6.62. The van der Waals surface area contributed by atoms with Crippen molar-refractivity contribution in [3.8, 4) is 0 Å². The van der Waals surface area contributed by atoms with Gasteiger partial charge >= 0.3 is 0 Å². The van der Waals surface area contributed by atoms with Gasteiger partial charge in [-0.3, -0.25) is 9.89 Å². The van der Waals surface area contributed by atoms with E-state index in [0.717, 1.165) is 38.7 Å². The van der Waals surface area contributed by atoms with E-state index in [1.165, 1.54) is 30.2 Å².